The van der Waals surface area contributed by atoms with Crippen LogP contribution in [0.2, 0.25) is 0 Å². The number of rotatable bonds is 5. The minimum Gasteiger partial charge on any atom is -0.493 e. The molecule has 5 nitrogen and oxygen atoms in total. The molecular formula is C10H10INO4. The van der Waals surface area contributed by atoms with Crippen molar-refractivity contribution in [3.05, 3.63) is 18.2 Å². The first-order valence-corrected chi connectivity index (χ1v) is 6.08. The van der Waals surface area contributed by atoms with Gasteiger partial charge < -0.3 is 9.47 Å². The highest BCUT2D eigenvalue weighted by atomic mass is 127. The van der Waals surface area contributed by atoms with Crippen LogP contribution in [-0.4, -0.2) is 18.9 Å². The molecule has 0 bridgehead atoms. The highest BCUT2D eigenvalue weighted by molar-refractivity contribution is 14.1. The van der Waals surface area contributed by atoms with Crippen molar-refractivity contribution in [2.24, 2.45) is 0 Å². The molecule has 0 aliphatic carbocycles. The van der Waals surface area contributed by atoms with Crippen LogP contribution in [0.15, 0.2) is 18.2 Å². The molecule has 0 saturated heterocycles. The van der Waals surface area contributed by atoms with Crippen LogP contribution >= 0.6 is 21.5 Å². The molecule has 1 rings (SSSR count). The van der Waals surface area contributed by atoms with E-state index in [4.69, 9.17) is 15.9 Å². The van der Waals surface area contributed by atoms with Crippen molar-refractivity contribution in [2.45, 2.75) is 0 Å². The van der Waals surface area contributed by atoms with E-state index >= 15 is 0 Å². The van der Waals surface area contributed by atoms with Crippen molar-refractivity contribution in [1.82, 2.24) is 0 Å². The van der Waals surface area contributed by atoms with Gasteiger partial charge in [0.1, 0.15) is 6.61 Å². The molecule has 6 heteroatoms. The number of methoxy groups -OCH3 is 1. The lowest BCUT2D eigenvalue weighted by atomic mass is 10.3. The highest BCUT2D eigenvalue weighted by Crippen LogP contribution is 2.32. The lowest BCUT2D eigenvalue weighted by Gasteiger charge is -2.12. The average molecular weight is 335 g/mol. The van der Waals surface area contributed by atoms with Crippen LogP contribution in [0.3, 0.4) is 0 Å². The average Bonchev–Trinajstić information content (AvgIpc) is 2.34. The molecule has 0 amide bonds. The van der Waals surface area contributed by atoms with Gasteiger partial charge in [-0.1, -0.05) is 5.92 Å². The molecule has 0 saturated carbocycles. The molecule has 0 aromatic heterocycles. The minimum atomic E-state index is -1.67. The van der Waals surface area contributed by atoms with Crippen LogP contribution in [0, 0.1) is 12.3 Å². The summed E-state index contributed by atoms with van der Waals surface area (Å²) in [5, 5.41) is 9.28. The standard InChI is InChI=1S/C10H10INO4/c1-3-6-16-10-7-8(12(14)11-13)4-5-9(10)15-2/h1,4-5,7,14H,6H2,2H3. The molecule has 86 valence electrons. The van der Waals surface area contributed by atoms with E-state index in [1.54, 1.807) is 12.1 Å². The Labute approximate surface area is 104 Å². The Bertz CT molecular complexity index is 416. The second-order valence-corrected chi connectivity index (χ2v) is 3.96. The third-order valence-corrected chi connectivity index (χ3v) is 2.67. The topological polar surface area (TPSA) is 59.0 Å². The zero-order valence-corrected chi connectivity index (χ0v) is 10.7. The summed E-state index contributed by atoms with van der Waals surface area (Å²) in [6.07, 6.45) is 5.07. The number of hydrogen-bond acceptors (Lipinski definition) is 4. The van der Waals surface area contributed by atoms with Gasteiger partial charge in [-0.3, -0.25) is 5.21 Å². The summed E-state index contributed by atoms with van der Waals surface area (Å²) in [5.41, 5.74) is 0.371. The van der Waals surface area contributed by atoms with Crippen molar-refractivity contribution in [2.75, 3.05) is 17.0 Å². The summed E-state index contributed by atoms with van der Waals surface area (Å²) in [6, 6.07) is 4.68. The quantitative estimate of drug-likeness (QED) is 0.387. The van der Waals surface area contributed by atoms with Crippen molar-refractivity contribution in [3.8, 4) is 23.8 Å². The minimum absolute atomic E-state index is 0.0949. The van der Waals surface area contributed by atoms with Crippen LogP contribution in [0.4, 0.5) is 5.69 Å². The molecule has 0 spiro atoms. The Kier molecular flexibility index (Phi) is 5.01. The fraction of sp³-hybridized carbons (Fsp3) is 0.200. The predicted molar refractivity (Wildman–Crippen MR) is 66.3 cm³/mol. The van der Waals surface area contributed by atoms with Crippen molar-refractivity contribution >= 4 is 27.2 Å². The summed E-state index contributed by atoms with van der Waals surface area (Å²) in [7, 11) is 1.50. The third kappa shape index (κ3) is 3.08. The van der Waals surface area contributed by atoms with Gasteiger partial charge >= 0.3 is 0 Å². The Morgan fingerprint density at radius 3 is 2.88 bits per heavy atom. The van der Waals surface area contributed by atoms with E-state index in [2.05, 4.69) is 5.92 Å². The maximum absolute atomic E-state index is 10.6. The maximum atomic E-state index is 10.6. The number of ether oxygens (including phenoxy) is 2. The molecule has 0 radical (unpaired) electrons. The van der Waals surface area contributed by atoms with Crippen LogP contribution in [0.25, 0.3) is 0 Å². The summed E-state index contributed by atoms with van der Waals surface area (Å²) in [6.45, 7) is 0.0949. The van der Waals surface area contributed by atoms with Gasteiger partial charge in [0.2, 0.25) is 0 Å². The molecule has 16 heavy (non-hydrogen) atoms. The number of nitrogens with zero attached hydrogens (tertiary/aromatic N) is 1. The van der Waals surface area contributed by atoms with Gasteiger partial charge in [0.05, 0.1) is 12.8 Å². The van der Waals surface area contributed by atoms with Gasteiger partial charge in [-0.05, 0) is 12.1 Å². The fourth-order valence-electron chi connectivity index (χ4n) is 1.05. The van der Waals surface area contributed by atoms with E-state index in [-0.39, 0.29) is 6.61 Å². The monoisotopic (exact) mass is 335 g/mol. The number of anilines is 1. The van der Waals surface area contributed by atoms with Crippen molar-refractivity contribution in [1.29, 1.82) is 0 Å². The van der Waals surface area contributed by atoms with E-state index in [0.717, 1.165) is 0 Å². The molecular weight excluding hydrogens is 325 g/mol. The van der Waals surface area contributed by atoms with Gasteiger partial charge in [-0.2, -0.15) is 3.28 Å². The lowest BCUT2D eigenvalue weighted by molar-refractivity contribution is 0.326. The van der Waals surface area contributed by atoms with Crippen LogP contribution < -0.4 is 12.8 Å². The van der Waals surface area contributed by atoms with E-state index in [1.807, 2.05) is 0 Å². The van der Waals surface area contributed by atoms with Gasteiger partial charge in [0.15, 0.2) is 11.5 Å². The molecule has 0 heterocycles. The third-order valence-electron chi connectivity index (χ3n) is 1.74. The summed E-state index contributed by atoms with van der Waals surface area (Å²) < 4.78 is 21.5. The second kappa shape index (κ2) is 6.30. The van der Waals surface area contributed by atoms with E-state index in [0.29, 0.717) is 20.5 Å². The molecule has 1 N–H and O–H groups in total. The first-order valence-electron chi connectivity index (χ1n) is 4.23. The molecule has 0 aliphatic rings. The van der Waals surface area contributed by atoms with Crippen LogP contribution in [0.1, 0.15) is 0 Å². The van der Waals surface area contributed by atoms with E-state index in [1.165, 1.54) is 13.2 Å². The summed E-state index contributed by atoms with van der Waals surface area (Å²) >= 11 is -1.67. The Morgan fingerprint density at radius 1 is 1.56 bits per heavy atom. The number of terminal acetylenes is 1. The highest BCUT2D eigenvalue weighted by Gasteiger charge is 2.09. The van der Waals surface area contributed by atoms with E-state index < -0.39 is 21.5 Å². The normalized spacial score (nSPS) is 9.31. The largest absolute Gasteiger partial charge is 0.493 e. The predicted octanol–water partition coefficient (Wildman–Crippen LogP) is 2.13. The van der Waals surface area contributed by atoms with Gasteiger partial charge in [-0.25, -0.2) is 3.07 Å². The Hall–Kier alpha value is -1.33. The second-order valence-electron chi connectivity index (χ2n) is 2.66. The molecule has 0 aliphatic heterocycles. The van der Waals surface area contributed by atoms with Crippen molar-refractivity contribution in [3.63, 3.8) is 0 Å². The first kappa shape index (κ1) is 12.7. The van der Waals surface area contributed by atoms with Gasteiger partial charge in [-0.15, -0.1) is 6.42 Å². The SMILES string of the molecule is C#CCOc1cc(N(O)I=O)ccc1OC. The molecule has 0 atom stereocenters. The number of benzene rings is 1. The molecule has 0 unspecified atom stereocenters. The summed E-state index contributed by atoms with van der Waals surface area (Å²) in [5.74, 6) is 3.22. The molecule has 0 fully saturated rings. The fourth-order valence-corrected chi connectivity index (χ4v) is 1.58. The van der Waals surface area contributed by atoms with Crippen LogP contribution in [0.5, 0.6) is 11.5 Å². The maximum Gasteiger partial charge on any atom is 0.300 e. The Morgan fingerprint density at radius 2 is 2.31 bits per heavy atom. The van der Waals surface area contributed by atoms with Crippen LogP contribution in [-0.2, 0) is 3.07 Å². The molecule has 1 aromatic rings. The van der Waals surface area contributed by atoms with Crippen molar-refractivity contribution < 1.29 is 17.8 Å². The zero-order valence-electron chi connectivity index (χ0n) is 8.51. The van der Waals surface area contributed by atoms with Gasteiger partial charge in [0, 0.05) is 6.07 Å². The zero-order chi connectivity index (χ0) is 12.0. The molecule has 1 aromatic carbocycles. The van der Waals surface area contributed by atoms with E-state index in [9.17, 15) is 8.28 Å². The Balaban J connectivity index is 3.01. The van der Waals surface area contributed by atoms with Gasteiger partial charge in [0.25, 0.3) is 21.5 Å². The lowest BCUT2D eigenvalue weighted by Crippen LogP contribution is -2.03. The smallest absolute Gasteiger partial charge is 0.300 e. The number of halogens is 1. The first-order chi connectivity index (χ1) is 7.72. The number of hydrogen-bond donors (Lipinski definition) is 1. The summed E-state index contributed by atoms with van der Waals surface area (Å²) in [4.78, 5) is 0.